The average Bonchev–Trinajstić information content (AvgIpc) is 3.12. The largest absolute Gasteiger partial charge is 0.756 e. The van der Waals surface area contributed by atoms with E-state index in [2.05, 4.69) is 104 Å². The zero-order valence-corrected chi connectivity index (χ0v) is 35.8. The van der Waals surface area contributed by atoms with Crippen LogP contribution in [0.5, 0.6) is 0 Å². The second-order valence-corrected chi connectivity index (χ2v) is 16.4. The molecule has 310 valence electrons. The lowest BCUT2D eigenvalue weighted by atomic mass is 10.0. The van der Waals surface area contributed by atoms with Gasteiger partial charge in [0.05, 0.1) is 39.9 Å². The van der Waals surface area contributed by atoms with Crippen LogP contribution in [0.25, 0.3) is 0 Å². The number of aliphatic hydroxyl groups is 1. The van der Waals surface area contributed by atoms with Crippen molar-refractivity contribution in [2.45, 2.75) is 154 Å². The van der Waals surface area contributed by atoms with E-state index in [4.69, 9.17) is 9.05 Å². The fourth-order valence-electron chi connectivity index (χ4n) is 5.31. The number of aliphatic hydroxyl groups excluding tert-OH is 1. The minimum absolute atomic E-state index is 0.00188. The molecular weight excluding hydrogens is 695 g/mol. The Balaban J connectivity index is 4.16. The van der Waals surface area contributed by atoms with E-state index in [1.165, 1.54) is 0 Å². The maximum Gasteiger partial charge on any atom is 0.268 e. The fraction of sp³-hybridized carbons (Fsp3) is 0.667. The van der Waals surface area contributed by atoms with Crippen LogP contribution in [0.4, 0.5) is 0 Å². The number of nitrogens with zero attached hydrogens (tertiary/aromatic N) is 1. The normalized spacial score (nSPS) is 15.3. The maximum atomic E-state index is 12.7. The molecule has 0 aromatic carbocycles. The molecule has 0 aliphatic carbocycles. The first-order chi connectivity index (χ1) is 26.0. The summed E-state index contributed by atoms with van der Waals surface area (Å²) in [5, 5.41) is 13.7. The lowest BCUT2D eigenvalue weighted by Crippen LogP contribution is -2.46. The molecule has 0 saturated heterocycles. The highest BCUT2D eigenvalue weighted by molar-refractivity contribution is 7.45. The summed E-state index contributed by atoms with van der Waals surface area (Å²) in [6.07, 6.45) is 49.2. The van der Waals surface area contributed by atoms with Crippen molar-refractivity contribution in [3.8, 4) is 0 Å². The summed E-state index contributed by atoms with van der Waals surface area (Å²) in [7, 11) is 1.27. The van der Waals surface area contributed by atoms with E-state index in [1.807, 2.05) is 21.1 Å². The third-order valence-corrected chi connectivity index (χ3v) is 9.61. The molecule has 0 spiro atoms. The van der Waals surface area contributed by atoms with Crippen LogP contribution in [0.3, 0.4) is 0 Å². The molecule has 3 unspecified atom stereocenters. The summed E-state index contributed by atoms with van der Waals surface area (Å²) >= 11 is 0. The van der Waals surface area contributed by atoms with Gasteiger partial charge in [0.2, 0.25) is 5.91 Å². The molecule has 0 aromatic rings. The molecule has 0 bridgehead atoms. The van der Waals surface area contributed by atoms with E-state index in [0.717, 1.165) is 116 Å². The standard InChI is InChI=1S/C45H79N2O6P/c1-6-8-10-12-13-14-15-16-17-18-19-20-21-22-23-24-25-26-27-28-29-30-31-32-33-35-37-39-45(49)46-43(44(48)38-36-34-11-9-7-2)42-53-54(50,51)52-41-40-47(3,4)5/h8,10,13-14,16-17,19-20,22-23,25-26,28-29,43-44,48H,6-7,9,11-12,15,18,21,24,27,30-42H2,1-5H3,(H-,46,49,50,51)/b10-8-,14-13-,17-16-,20-19-,23-22-,26-25-,29-28-. The van der Waals surface area contributed by atoms with Gasteiger partial charge in [-0.3, -0.25) is 9.36 Å². The number of phosphoric ester groups is 1. The highest BCUT2D eigenvalue weighted by Crippen LogP contribution is 2.38. The fourth-order valence-corrected chi connectivity index (χ4v) is 6.03. The molecular formula is C45H79N2O6P. The molecule has 0 saturated carbocycles. The zero-order chi connectivity index (χ0) is 40.0. The summed E-state index contributed by atoms with van der Waals surface area (Å²) in [4.78, 5) is 25.1. The van der Waals surface area contributed by atoms with Gasteiger partial charge in [-0.05, 0) is 70.6 Å². The quantitative estimate of drug-likeness (QED) is 0.0284. The summed E-state index contributed by atoms with van der Waals surface area (Å²) in [5.41, 5.74) is 0. The Labute approximate surface area is 331 Å². The first kappa shape index (κ1) is 51.7. The molecule has 0 heterocycles. The van der Waals surface area contributed by atoms with Crippen LogP contribution in [0.1, 0.15) is 142 Å². The third kappa shape index (κ3) is 38.0. The Morgan fingerprint density at radius 1 is 0.667 bits per heavy atom. The average molecular weight is 775 g/mol. The number of carbonyl (C=O) groups excluding carboxylic acids is 1. The number of quaternary nitrogens is 1. The number of phosphoric acid groups is 1. The van der Waals surface area contributed by atoms with Crippen molar-refractivity contribution in [1.29, 1.82) is 0 Å². The SMILES string of the molecule is CC/C=C\C/C=C\C/C=C\C/C=C\C/C=C\C/C=C\C/C=C\CCCCCCCC(=O)NC(COP(=O)([O-])OCC[N+](C)(C)C)C(O)CCCCCCC. The number of carbonyl (C=O) groups is 1. The van der Waals surface area contributed by atoms with Gasteiger partial charge < -0.3 is 28.8 Å². The predicted molar refractivity (Wildman–Crippen MR) is 228 cm³/mol. The smallest absolute Gasteiger partial charge is 0.268 e. The lowest BCUT2D eigenvalue weighted by Gasteiger charge is -2.30. The van der Waals surface area contributed by atoms with Crippen molar-refractivity contribution >= 4 is 13.7 Å². The molecule has 0 rings (SSSR count). The molecule has 0 aliphatic rings. The first-order valence-corrected chi connectivity index (χ1v) is 22.4. The van der Waals surface area contributed by atoms with E-state index in [0.29, 0.717) is 23.9 Å². The predicted octanol–water partition coefficient (Wildman–Crippen LogP) is 10.8. The van der Waals surface area contributed by atoms with Crippen LogP contribution < -0.4 is 10.2 Å². The third-order valence-electron chi connectivity index (χ3n) is 8.65. The van der Waals surface area contributed by atoms with Gasteiger partial charge in [0, 0.05) is 6.42 Å². The molecule has 9 heteroatoms. The number of hydrogen-bond acceptors (Lipinski definition) is 6. The molecule has 0 radical (unpaired) electrons. The second-order valence-electron chi connectivity index (χ2n) is 15.0. The van der Waals surface area contributed by atoms with E-state index >= 15 is 0 Å². The molecule has 54 heavy (non-hydrogen) atoms. The van der Waals surface area contributed by atoms with Crippen molar-refractivity contribution in [3.05, 3.63) is 85.1 Å². The van der Waals surface area contributed by atoms with Crippen LogP contribution in [-0.4, -0.2) is 68.5 Å². The first-order valence-electron chi connectivity index (χ1n) is 20.9. The van der Waals surface area contributed by atoms with E-state index in [9.17, 15) is 19.4 Å². The molecule has 3 atom stereocenters. The lowest BCUT2D eigenvalue weighted by molar-refractivity contribution is -0.870. The summed E-state index contributed by atoms with van der Waals surface area (Å²) in [5.74, 6) is -0.197. The summed E-state index contributed by atoms with van der Waals surface area (Å²) < 4.78 is 23.0. The number of rotatable bonds is 36. The van der Waals surface area contributed by atoms with Crippen molar-refractivity contribution in [3.63, 3.8) is 0 Å². The Kier molecular flexibility index (Phi) is 34.8. The Bertz CT molecular complexity index is 1150. The van der Waals surface area contributed by atoms with E-state index < -0.39 is 20.0 Å². The summed E-state index contributed by atoms with van der Waals surface area (Å²) in [6, 6.07) is -0.812. The molecule has 0 fully saturated rings. The second kappa shape index (κ2) is 36.3. The highest BCUT2D eigenvalue weighted by atomic mass is 31.2. The molecule has 1 amide bonds. The van der Waals surface area contributed by atoms with Crippen LogP contribution in [-0.2, 0) is 18.4 Å². The maximum absolute atomic E-state index is 12.7. The van der Waals surface area contributed by atoms with Gasteiger partial charge in [-0.25, -0.2) is 0 Å². The highest BCUT2D eigenvalue weighted by Gasteiger charge is 2.24. The van der Waals surface area contributed by atoms with E-state index in [-0.39, 0.29) is 19.1 Å². The minimum Gasteiger partial charge on any atom is -0.756 e. The Morgan fingerprint density at radius 2 is 1.13 bits per heavy atom. The molecule has 0 aliphatic heterocycles. The van der Waals surface area contributed by atoms with Crippen LogP contribution in [0.15, 0.2) is 85.1 Å². The van der Waals surface area contributed by atoms with Crippen molar-refractivity contribution in [2.24, 2.45) is 0 Å². The van der Waals surface area contributed by atoms with Gasteiger partial charge in [0.15, 0.2) is 0 Å². The van der Waals surface area contributed by atoms with Gasteiger partial charge in [0.25, 0.3) is 7.82 Å². The number of allylic oxidation sites excluding steroid dienone is 14. The zero-order valence-electron chi connectivity index (χ0n) is 34.9. The van der Waals surface area contributed by atoms with E-state index in [1.54, 1.807) is 0 Å². The Hall–Kier alpha value is -2.32. The van der Waals surface area contributed by atoms with Gasteiger partial charge in [-0.2, -0.15) is 0 Å². The van der Waals surface area contributed by atoms with Gasteiger partial charge >= 0.3 is 0 Å². The van der Waals surface area contributed by atoms with Gasteiger partial charge in [-0.1, -0.05) is 150 Å². The minimum atomic E-state index is -4.56. The number of likely N-dealkylation sites (N-methyl/N-ethyl adjacent to an activating group) is 1. The number of nitrogens with one attached hydrogen (secondary N) is 1. The number of unbranched alkanes of at least 4 members (excludes halogenated alkanes) is 9. The van der Waals surface area contributed by atoms with Gasteiger partial charge in [0.1, 0.15) is 13.2 Å². The number of amides is 1. The van der Waals surface area contributed by atoms with Crippen molar-refractivity contribution in [1.82, 2.24) is 5.32 Å². The van der Waals surface area contributed by atoms with Crippen LogP contribution >= 0.6 is 7.82 Å². The number of hydrogen-bond donors (Lipinski definition) is 2. The van der Waals surface area contributed by atoms with Crippen molar-refractivity contribution < 1.29 is 32.9 Å². The Morgan fingerprint density at radius 3 is 1.65 bits per heavy atom. The van der Waals surface area contributed by atoms with Crippen LogP contribution in [0.2, 0.25) is 0 Å². The molecule has 8 nitrogen and oxygen atoms in total. The van der Waals surface area contributed by atoms with Crippen LogP contribution in [0, 0.1) is 0 Å². The monoisotopic (exact) mass is 775 g/mol. The van der Waals surface area contributed by atoms with Crippen molar-refractivity contribution in [2.75, 3.05) is 40.9 Å². The molecule has 0 aromatic heterocycles. The molecule has 2 N–H and O–H groups in total. The summed E-state index contributed by atoms with van der Waals surface area (Å²) in [6.45, 7) is 4.46. The topological polar surface area (TPSA) is 108 Å². The van der Waals surface area contributed by atoms with Gasteiger partial charge in [-0.15, -0.1) is 0 Å².